The lowest BCUT2D eigenvalue weighted by molar-refractivity contribution is 0.276. The molecule has 2 N–H and O–H groups in total. The topological polar surface area (TPSA) is 91.5 Å². The average Bonchev–Trinajstić information content (AvgIpc) is 3.36. The van der Waals surface area contributed by atoms with Gasteiger partial charge >= 0.3 is 0 Å². The number of para-hydroxylation sites is 1. The van der Waals surface area contributed by atoms with Gasteiger partial charge < -0.3 is 14.9 Å². The second-order valence-corrected chi connectivity index (χ2v) is 6.44. The van der Waals surface area contributed by atoms with Gasteiger partial charge in [-0.15, -0.1) is 5.10 Å². The number of furan rings is 1. The van der Waals surface area contributed by atoms with Crippen molar-refractivity contribution >= 4 is 16.6 Å². The van der Waals surface area contributed by atoms with Crippen LogP contribution in [0.25, 0.3) is 28.1 Å². The number of imidazole rings is 1. The Labute approximate surface area is 160 Å². The number of hydrogen-bond donors (Lipinski definition) is 1. The lowest BCUT2D eigenvalue weighted by Gasteiger charge is -2.12. The number of aromatic nitrogens is 4. The van der Waals surface area contributed by atoms with E-state index in [2.05, 4.69) is 15.1 Å². The molecule has 1 aromatic carbocycles. The standard InChI is InChI=1S/C21H17N5O2/c22-16(15-5-3-9-23-11-15)13-27-21-8-7-20-24-12-17(26(20)25-21)19-10-14-4-1-2-6-18(14)28-19/h1-12,16H,13,22H2. The van der Waals surface area contributed by atoms with Crippen molar-refractivity contribution in [3.8, 4) is 17.3 Å². The number of rotatable bonds is 5. The fraction of sp³-hybridized carbons (Fsp3) is 0.0952. The van der Waals surface area contributed by atoms with Crippen molar-refractivity contribution in [3.63, 3.8) is 0 Å². The molecule has 4 heterocycles. The molecule has 0 spiro atoms. The molecule has 7 heteroatoms. The highest BCUT2D eigenvalue weighted by Gasteiger charge is 2.14. The summed E-state index contributed by atoms with van der Waals surface area (Å²) in [6.07, 6.45) is 5.19. The molecule has 0 aliphatic rings. The Morgan fingerprint density at radius 2 is 2.00 bits per heavy atom. The maximum atomic E-state index is 6.17. The number of benzene rings is 1. The minimum absolute atomic E-state index is 0.288. The van der Waals surface area contributed by atoms with Crippen molar-refractivity contribution in [2.45, 2.75) is 6.04 Å². The Hall–Kier alpha value is -3.71. The molecule has 0 radical (unpaired) electrons. The van der Waals surface area contributed by atoms with Gasteiger partial charge in [-0.3, -0.25) is 4.98 Å². The van der Waals surface area contributed by atoms with Gasteiger partial charge in [0.1, 0.15) is 17.9 Å². The maximum absolute atomic E-state index is 6.17. The van der Waals surface area contributed by atoms with Crippen LogP contribution in [0, 0.1) is 0 Å². The monoisotopic (exact) mass is 371 g/mol. The van der Waals surface area contributed by atoms with Crippen molar-refractivity contribution in [1.82, 2.24) is 19.6 Å². The minimum Gasteiger partial charge on any atom is -0.475 e. The summed E-state index contributed by atoms with van der Waals surface area (Å²) in [5.41, 5.74) is 9.37. The number of pyridine rings is 1. The smallest absolute Gasteiger partial charge is 0.231 e. The predicted molar refractivity (Wildman–Crippen MR) is 105 cm³/mol. The van der Waals surface area contributed by atoms with E-state index in [0.29, 0.717) is 23.9 Å². The maximum Gasteiger partial charge on any atom is 0.231 e. The van der Waals surface area contributed by atoms with E-state index < -0.39 is 0 Å². The quantitative estimate of drug-likeness (QED) is 0.507. The normalized spacial score (nSPS) is 12.5. The van der Waals surface area contributed by atoms with Crippen LogP contribution in [0.15, 0.2) is 77.6 Å². The zero-order valence-electron chi connectivity index (χ0n) is 14.9. The molecular weight excluding hydrogens is 354 g/mol. The van der Waals surface area contributed by atoms with Crippen LogP contribution in [0.4, 0.5) is 0 Å². The van der Waals surface area contributed by atoms with Crippen LogP contribution < -0.4 is 10.5 Å². The number of nitrogens with zero attached hydrogens (tertiary/aromatic N) is 4. The van der Waals surface area contributed by atoms with Crippen molar-refractivity contribution in [1.29, 1.82) is 0 Å². The van der Waals surface area contributed by atoms with Gasteiger partial charge in [0.05, 0.1) is 12.2 Å². The summed E-state index contributed by atoms with van der Waals surface area (Å²) in [4.78, 5) is 8.48. The molecule has 5 aromatic rings. The van der Waals surface area contributed by atoms with Crippen LogP contribution >= 0.6 is 0 Å². The number of nitrogens with two attached hydrogens (primary N) is 1. The first-order chi connectivity index (χ1) is 13.8. The van der Waals surface area contributed by atoms with Crippen LogP contribution in [0.2, 0.25) is 0 Å². The number of ether oxygens (including phenoxy) is 1. The van der Waals surface area contributed by atoms with Crippen molar-refractivity contribution in [2.24, 2.45) is 5.73 Å². The molecule has 0 saturated heterocycles. The molecule has 0 saturated carbocycles. The summed E-state index contributed by atoms with van der Waals surface area (Å²) < 4.78 is 13.5. The summed E-state index contributed by atoms with van der Waals surface area (Å²) in [5, 5.41) is 5.58. The lowest BCUT2D eigenvalue weighted by Crippen LogP contribution is -2.19. The van der Waals surface area contributed by atoms with Crippen LogP contribution in [0.1, 0.15) is 11.6 Å². The molecule has 0 aliphatic carbocycles. The van der Waals surface area contributed by atoms with E-state index in [0.717, 1.165) is 22.2 Å². The van der Waals surface area contributed by atoms with Gasteiger partial charge in [-0.2, -0.15) is 0 Å². The molecule has 0 amide bonds. The van der Waals surface area contributed by atoms with Crippen molar-refractivity contribution in [2.75, 3.05) is 6.61 Å². The van der Waals surface area contributed by atoms with E-state index in [9.17, 15) is 0 Å². The summed E-state index contributed by atoms with van der Waals surface area (Å²) in [5.74, 6) is 1.16. The van der Waals surface area contributed by atoms with Gasteiger partial charge in [0.2, 0.25) is 5.88 Å². The summed E-state index contributed by atoms with van der Waals surface area (Å²) in [6, 6.07) is 17.0. The predicted octanol–water partition coefficient (Wildman–Crippen LogP) is 3.62. The second kappa shape index (κ2) is 6.79. The largest absolute Gasteiger partial charge is 0.475 e. The van der Waals surface area contributed by atoms with Gasteiger partial charge in [-0.1, -0.05) is 24.3 Å². The Kier molecular flexibility index (Phi) is 3.99. The average molecular weight is 371 g/mol. The molecule has 1 atom stereocenters. The van der Waals surface area contributed by atoms with E-state index in [1.165, 1.54) is 0 Å². The highest BCUT2D eigenvalue weighted by Crippen LogP contribution is 2.28. The zero-order chi connectivity index (χ0) is 18.9. The molecule has 4 aromatic heterocycles. The van der Waals surface area contributed by atoms with Gasteiger partial charge in [-0.25, -0.2) is 9.50 Å². The molecule has 1 unspecified atom stereocenters. The van der Waals surface area contributed by atoms with E-state index in [4.69, 9.17) is 14.9 Å². The molecule has 7 nitrogen and oxygen atoms in total. The molecular formula is C21H17N5O2. The van der Waals surface area contributed by atoms with E-state index in [1.807, 2.05) is 48.5 Å². The lowest BCUT2D eigenvalue weighted by atomic mass is 10.1. The highest BCUT2D eigenvalue weighted by atomic mass is 16.5. The van der Waals surface area contributed by atoms with Crippen LogP contribution in [-0.4, -0.2) is 26.2 Å². The Morgan fingerprint density at radius 1 is 1.07 bits per heavy atom. The second-order valence-electron chi connectivity index (χ2n) is 6.44. The first-order valence-corrected chi connectivity index (χ1v) is 8.90. The highest BCUT2D eigenvalue weighted by molar-refractivity contribution is 5.82. The molecule has 138 valence electrons. The summed E-state index contributed by atoms with van der Waals surface area (Å²) >= 11 is 0. The molecule has 0 fully saturated rings. The molecule has 0 aliphatic heterocycles. The fourth-order valence-electron chi connectivity index (χ4n) is 3.08. The summed E-state index contributed by atoms with van der Waals surface area (Å²) in [7, 11) is 0. The third-order valence-electron chi connectivity index (χ3n) is 4.54. The van der Waals surface area contributed by atoms with Gasteiger partial charge in [0.15, 0.2) is 11.4 Å². The number of fused-ring (bicyclic) bond motifs is 2. The zero-order valence-corrected chi connectivity index (χ0v) is 14.9. The SMILES string of the molecule is NC(COc1ccc2ncc(-c3cc4ccccc4o3)n2n1)c1cccnc1. The summed E-state index contributed by atoms with van der Waals surface area (Å²) in [6.45, 7) is 0.291. The minimum atomic E-state index is -0.288. The van der Waals surface area contributed by atoms with Gasteiger partial charge in [0, 0.05) is 23.8 Å². The van der Waals surface area contributed by atoms with E-state index in [1.54, 1.807) is 29.2 Å². The first kappa shape index (κ1) is 16.5. The Balaban J connectivity index is 1.43. The van der Waals surface area contributed by atoms with Crippen molar-refractivity contribution in [3.05, 3.63) is 78.8 Å². The van der Waals surface area contributed by atoms with Crippen LogP contribution in [0.3, 0.4) is 0 Å². The fourth-order valence-corrected chi connectivity index (χ4v) is 3.08. The van der Waals surface area contributed by atoms with E-state index in [-0.39, 0.29) is 6.04 Å². The third kappa shape index (κ3) is 2.97. The molecule has 28 heavy (non-hydrogen) atoms. The van der Waals surface area contributed by atoms with Gasteiger partial charge in [0.25, 0.3) is 0 Å². The number of hydrogen-bond acceptors (Lipinski definition) is 6. The van der Waals surface area contributed by atoms with Crippen molar-refractivity contribution < 1.29 is 9.15 Å². The third-order valence-corrected chi connectivity index (χ3v) is 4.54. The van der Waals surface area contributed by atoms with Gasteiger partial charge in [-0.05, 0) is 29.8 Å². The Bertz CT molecular complexity index is 1210. The molecule has 5 rings (SSSR count). The van der Waals surface area contributed by atoms with Crippen LogP contribution in [0.5, 0.6) is 5.88 Å². The molecule has 0 bridgehead atoms. The van der Waals surface area contributed by atoms with E-state index >= 15 is 0 Å². The Morgan fingerprint density at radius 3 is 2.86 bits per heavy atom. The van der Waals surface area contributed by atoms with Crippen LogP contribution in [-0.2, 0) is 0 Å². The first-order valence-electron chi connectivity index (χ1n) is 8.90.